The van der Waals surface area contributed by atoms with Crippen molar-refractivity contribution in [3.8, 4) is 6.07 Å². The number of nitrogens with one attached hydrogen (secondary N) is 2. The predicted molar refractivity (Wildman–Crippen MR) is 90.8 cm³/mol. The van der Waals surface area contributed by atoms with Crippen LogP contribution < -0.4 is 10.6 Å². The lowest BCUT2D eigenvalue weighted by Crippen LogP contribution is -2.05. The first-order chi connectivity index (χ1) is 12.1. The number of aryl methyl sites for hydroxylation is 1. The summed E-state index contributed by atoms with van der Waals surface area (Å²) >= 11 is 0. The van der Waals surface area contributed by atoms with Crippen LogP contribution in [-0.2, 0) is 0 Å². The number of anilines is 4. The number of halogens is 2. The van der Waals surface area contributed by atoms with E-state index in [9.17, 15) is 8.78 Å². The third-order valence-corrected chi connectivity index (χ3v) is 3.36. The van der Waals surface area contributed by atoms with Crippen molar-refractivity contribution in [3.05, 3.63) is 71.4 Å². The van der Waals surface area contributed by atoms with Crippen molar-refractivity contribution in [2.75, 3.05) is 10.6 Å². The van der Waals surface area contributed by atoms with Gasteiger partial charge in [-0.2, -0.15) is 10.2 Å². The highest BCUT2D eigenvalue weighted by atomic mass is 19.1. The van der Waals surface area contributed by atoms with Gasteiger partial charge in [-0.1, -0.05) is 18.2 Å². The lowest BCUT2D eigenvalue weighted by molar-refractivity contribution is 0.590. The van der Waals surface area contributed by atoms with Gasteiger partial charge in [0.15, 0.2) is 0 Å². The Labute approximate surface area is 143 Å². The number of hydrogen-bond donors (Lipinski definition) is 2. The smallest absolute Gasteiger partial charge is 0.229 e. The summed E-state index contributed by atoms with van der Waals surface area (Å²) in [7, 11) is 0. The molecule has 124 valence electrons. The van der Waals surface area contributed by atoms with Gasteiger partial charge in [-0.15, -0.1) is 0 Å². The molecule has 0 saturated carbocycles. The molecular formula is C18H13F2N5. The summed E-state index contributed by atoms with van der Waals surface area (Å²) in [5.41, 5.74) is 1.29. The molecule has 0 radical (unpaired) electrons. The highest BCUT2D eigenvalue weighted by Gasteiger charge is 2.11. The molecule has 5 nitrogen and oxygen atoms in total. The molecule has 0 saturated heterocycles. The summed E-state index contributed by atoms with van der Waals surface area (Å²) in [6.07, 6.45) is 0. The third-order valence-electron chi connectivity index (χ3n) is 3.36. The Kier molecular flexibility index (Phi) is 4.53. The van der Waals surface area contributed by atoms with Crippen molar-refractivity contribution >= 4 is 23.1 Å². The maximum Gasteiger partial charge on any atom is 0.229 e. The molecule has 2 N–H and O–H groups in total. The highest BCUT2D eigenvalue weighted by Crippen LogP contribution is 2.24. The van der Waals surface area contributed by atoms with Gasteiger partial charge in [0.1, 0.15) is 29.2 Å². The first-order valence-corrected chi connectivity index (χ1v) is 7.39. The van der Waals surface area contributed by atoms with Gasteiger partial charge in [-0.25, -0.2) is 13.8 Å². The number of aromatic nitrogens is 2. The van der Waals surface area contributed by atoms with Crippen molar-refractivity contribution in [2.45, 2.75) is 6.92 Å². The van der Waals surface area contributed by atoms with Gasteiger partial charge in [0, 0.05) is 11.8 Å². The molecule has 0 spiro atoms. The predicted octanol–water partition coefficient (Wildman–Crippen LogP) is 4.42. The summed E-state index contributed by atoms with van der Waals surface area (Å²) in [5.74, 6) is -1.04. The Morgan fingerprint density at radius 3 is 2.40 bits per heavy atom. The van der Waals surface area contributed by atoms with Gasteiger partial charge in [0.2, 0.25) is 5.95 Å². The molecule has 7 heteroatoms. The Balaban J connectivity index is 1.92. The number of benzene rings is 2. The van der Waals surface area contributed by atoms with Crippen LogP contribution >= 0.6 is 0 Å². The van der Waals surface area contributed by atoms with E-state index < -0.39 is 11.6 Å². The lowest BCUT2D eigenvalue weighted by Gasteiger charge is -2.11. The average molecular weight is 337 g/mol. The number of para-hydroxylation sites is 2. The summed E-state index contributed by atoms with van der Waals surface area (Å²) in [6.45, 7) is 1.73. The standard InChI is InChI=1S/C18H13F2N5/c1-11-9-16(23-15-8-3-2-5-12(15)10-21)24-18(22-11)25-17-13(19)6-4-7-14(17)20/h2-9H,1H3,(H2,22,23,24,25). The van der Waals surface area contributed by atoms with E-state index in [4.69, 9.17) is 5.26 Å². The van der Waals surface area contributed by atoms with E-state index in [1.807, 2.05) is 0 Å². The van der Waals surface area contributed by atoms with E-state index >= 15 is 0 Å². The van der Waals surface area contributed by atoms with Crippen LogP contribution in [0.3, 0.4) is 0 Å². The van der Waals surface area contributed by atoms with Crippen LogP contribution in [0.4, 0.5) is 31.9 Å². The van der Waals surface area contributed by atoms with E-state index in [0.29, 0.717) is 22.8 Å². The summed E-state index contributed by atoms with van der Waals surface area (Å²) < 4.78 is 27.5. The Morgan fingerprint density at radius 1 is 0.960 bits per heavy atom. The van der Waals surface area contributed by atoms with Crippen molar-refractivity contribution in [1.82, 2.24) is 9.97 Å². The molecule has 1 heterocycles. The minimum Gasteiger partial charge on any atom is -0.339 e. The number of hydrogen-bond acceptors (Lipinski definition) is 5. The van der Waals surface area contributed by atoms with Crippen molar-refractivity contribution in [3.63, 3.8) is 0 Å². The van der Waals surface area contributed by atoms with Crippen LogP contribution in [0.15, 0.2) is 48.5 Å². The molecule has 0 amide bonds. The van der Waals surface area contributed by atoms with Crippen LogP contribution in [0.5, 0.6) is 0 Å². The number of nitrogens with zero attached hydrogens (tertiary/aromatic N) is 3. The van der Waals surface area contributed by atoms with Crippen LogP contribution in [0.25, 0.3) is 0 Å². The van der Waals surface area contributed by atoms with Gasteiger partial charge in [0.05, 0.1) is 11.3 Å². The fourth-order valence-corrected chi connectivity index (χ4v) is 2.25. The fraction of sp³-hybridized carbons (Fsp3) is 0.0556. The molecule has 1 aromatic heterocycles. The second-order valence-corrected chi connectivity index (χ2v) is 5.22. The summed E-state index contributed by atoms with van der Waals surface area (Å²) in [6, 6.07) is 14.2. The van der Waals surface area contributed by atoms with Gasteiger partial charge in [0.25, 0.3) is 0 Å². The Morgan fingerprint density at radius 2 is 1.68 bits per heavy atom. The second-order valence-electron chi connectivity index (χ2n) is 5.22. The van der Waals surface area contributed by atoms with E-state index in [2.05, 4.69) is 26.7 Å². The fourth-order valence-electron chi connectivity index (χ4n) is 2.25. The third kappa shape index (κ3) is 3.70. The van der Waals surface area contributed by atoms with Gasteiger partial charge in [-0.05, 0) is 31.2 Å². The minimum absolute atomic E-state index is 0.0425. The molecular weight excluding hydrogens is 324 g/mol. The van der Waals surface area contributed by atoms with E-state index in [-0.39, 0.29) is 11.6 Å². The molecule has 0 unspecified atom stereocenters. The summed E-state index contributed by atoms with van der Waals surface area (Å²) in [5, 5.41) is 14.7. The maximum absolute atomic E-state index is 13.8. The van der Waals surface area contributed by atoms with Crippen LogP contribution in [0.2, 0.25) is 0 Å². The first kappa shape index (κ1) is 16.3. The van der Waals surface area contributed by atoms with Crippen LogP contribution in [0.1, 0.15) is 11.3 Å². The molecule has 3 aromatic rings. The Hall–Kier alpha value is -3.53. The van der Waals surface area contributed by atoms with Gasteiger partial charge in [-0.3, -0.25) is 0 Å². The lowest BCUT2D eigenvalue weighted by atomic mass is 10.2. The minimum atomic E-state index is -0.741. The van der Waals surface area contributed by atoms with Crippen molar-refractivity contribution < 1.29 is 8.78 Å². The molecule has 0 bridgehead atoms. The monoisotopic (exact) mass is 337 g/mol. The topological polar surface area (TPSA) is 73.6 Å². The Bertz CT molecular complexity index is 946. The average Bonchev–Trinajstić information content (AvgIpc) is 2.58. The largest absolute Gasteiger partial charge is 0.339 e. The van der Waals surface area contributed by atoms with Crippen molar-refractivity contribution in [1.29, 1.82) is 5.26 Å². The first-order valence-electron chi connectivity index (χ1n) is 7.39. The zero-order valence-electron chi connectivity index (χ0n) is 13.2. The van der Waals surface area contributed by atoms with Crippen LogP contribution in [-0.4, -0.2) is 9.97 Å². The molecule has 3 rings (SSSR count). The molecule has 0 fully saturated rings. The van der Waals surface area contributed by atoms with Crippen molar-refractivity contribution in [2.24, 2.45) is 0 Å². The maximum atomic E-state index is 13.8. The normalized spacial score (nSPS) is 10.2. The molecule has 25 heavy (non-hydrogen) atoms. The van der Waals surface area contributed by atoms with Gasteiger partial charge >= 0.3 is 0 Å². The molecule has 0 atom stereocenters. The van der Waals surface area contributed by atoms with E-state index in [1.165, 1.54) is 6.07 Å². The molecule has 0 aliphatic rings. The molecule has 2 aromatic carbocycles. The zero-order chi connectivity index (χ0) is 17.8. The SMILES string of the molecule is Cc1cc(Nc2ccccc2C#N)nc(Nc2c(F)cccc2F)n1. The second kappa shape index (κ2) is 6.93. The van der Waals surface area contributed by atoms with E-state index in [0.717, 1.165) is 12.1 Å². The molecule has 0 aliphatic carbocycles. The van der Waals surface area contributed by atoms with Crippen LogP contribution in [0, 0.1) is 29.9 Å². The molecule has 0 aliphatic heterocycles. The van der Waals surface area contributed by atoms with E-state index in [1.54, 1.807) is 37.3 Å². The quantitative estimate of drug-likeness (QED) is 0.737. The highest BCUT2D eigenvalue weighted by molar-refractivity contribution is 5.65. The summed E-state index contributed by atoms with van der Waals surface area (Å²) in [4.78, 5) is 8.34. The van der Waals surface area contributed by atoms with Gasteiger partial charge < -0.3 is 10.6 Å². The zero-order valence-corrected chi connectivity index (χ0v) is 13.2. The number of nitriles is 1. The number of rotatable bonds is 4.